The van der Waals surface area contributed by atoms with Crippen LogP contribution in [0.4, 0.5) is 0 Å². The van der Waals surface area contributed by atoms with E-state index < -0.39 is 4.08 Å². The van der Waals surface area contributed by atoms with Crippen molar-refractivity contribution < 1.29 is 14.3 Å². The van der Waals surface area contributed by atoms with Gasteiger partial charge in [-0.1, -0.05) is 78.9 Å². The molecule has 0 aromatic heterocycles. The Kier molecular flexibility index (Phi) is 9.88. The third-order valence-corrected chi connectivity index (χ3v) is 10.3. The third kappa shape index (κ3) is 6.80. The summed E-state index contributed by atoms with van der Waals surface area (Å²) in [7, 11) is 3.26. The molecule has 0 spiro atoms. The third-order valence-electron chi connectivity index (χ3n) is 7.21. The van der Waals surface area contributed by atoms with Gasteiger partial charge >= 0.3 is 0 Å². The Morgan fingerprint density at radius 1 is 0.698 bits per heavy atom. The van der Waals surface area contributed by atoms with Crippen LogP contribution in [0.2, 0.25) is 0 Å². The van der Waals surface area contributed by atoms with Crippen molar-refractivity contribution in [2.75, 3.05) is 14.2 Å². The largest absolute Gasteiger partial charge is 0.496 e. The van der Waals surface area contributed by atoms with Gasteiger partial charge in [0.25, 0.3) is 0 Å². The van der Waals surface area contributed by atoms with Gasteiger partial charge in [-0.3, -0.25) is 4.79 Å². The lowest BCUT2D eigenvalue weighted by Crippen LogP contribution is -2.30. The number of hydrogen-bond acceptors (Lipinski definition) is 6. The number of Topliss-reactive ketones (excluding diaryl/α,β-unsaturated/α-hetero) is 1. The van der Waals surface area contributed by atoms with Crippen molar-refractivity contribution in [1.82, 2.24) is 0 Å². The second-order valence-electron chi connectivity index (χ2n) is 9.81. The molecule has 1 atom stereocenters. The topological polar surface area (TPSA) is 59.3 Å². The van der Waals surface area contributed by atoms with E-state index in [1.807, 2.05) is 103 Å². The van der Waals surface area contributed by atoms with E-state index in [-0.39, 0.29) is 18.1 Å². The maximum absolute atomic E-state index is 14.3. The van der Waals surface area contributed by atoms with E-state index in [0.717, 1.165) is 26.7 Å². The Balaban J connectivity index is 1.79. The Labute approximate surface area is 261 Å². The fourth-order valence-electron chi connectivity index (χ4n) is 5.15. The lowest BCUT2D eigenvalue weighted by Gasteiger charge is -2.41. The number of nitriles is 1. The number of rotatable bonds is 12. The predicted molar refractivity (Wildman–Crippen MR) is 175 cm³/mol. The maximum atomic E-state index is 14.3. The van der Waals surface area contributed by atoms with E-state index >= 15 is 0 Å². The van der Waals surface area contributed by atoms with Crippen LogP contribution in [0.3, 0.4) is 0 Å². The first-order valence-corrected chi connectivity index (χ1v) is 15.5. The van der Waals surface area contributed by atoms with Crippen LogP contribution in [0.25, 0.3) is 0 Å². The molecule has 1 unspecified atom stereocenters. The van der Waals surface area contributed by atoms with Gasteiger partial charge in [0.1, 0.15) is 15.6 Å². The summed E-state index contributed by atoms with van der Waals surface area (Å²) in [6.07, 6.45) is 0.185. The molecule has 0 aliphatic carbocycles. The molecule has 5 aromatic carbocycles. The van der Waals surface area contributed by atoms with Crippen molar-refractivity contribution >= 4 is 29.3 Å². The molecule has 5 rings (SSSR count). The fourth-order valence-corrected chi connectivity index (χ4v) is 8.46. The van der Waals surface area contributed by atoms with E-state index in [1.54, 1.807) is 37.7 Å². The van der Waals surface area contributed by atoms with Gasteiger partial charge in [0.2, 0.25) is 0 Å². The zero-order valence-electron chi connectivity index (χ0n) is 24.0. The normalized spacial score (nSPS) is 11.7. The van der Waals surface area contributed by atoms with Crippen molar-refractivity contribution in [2.45, 2.75) is 26.2 Å². The molecular formula is C37H31NO3S2. The van der Waals surface area contributed by atoms with Crippen LogP contribution in [0, 0.1) is 11.3 Å². The summed E-state index contributed by atoms with van der Waals surface area (Å²) in [5, 5.41) is 9.57. The van der Waals surface area contributed by atoms with Crippen LogP contribution in [0.1, 0.15) is 39.4 Å². The number of carbonyl (C=O) groups is 1. The molecule has 0 aliphatic rings. The standard InChI is InChI=1S/C37H31NO3S2/c1-40-35-19-11-9-17-31(35)34(39)25-33(28-23-21-27(26-38)22-24-28)37(42-29-13-5-3-6-14-29,43-30-15-7-4-8-16-30)32-18-10-12-20-36(32)41-2/h3-24,33H,25H2,1-2H3. The summed E-state index contributed by atoms with van der Waals surface area (Å²) in [5.41, 5.74) is 3.00. The summed E-state index contributed by atoms with van der Waals surface area (Å²) in [6.45, 7) is 0. The van der Waals surface area contributed by atoms with Crippen LogP contribution >= 0.6 is 23.5 Å². The Morgan fingerprint density at radius 2 is 1.21 bits per heavy atom. The van der Waals surface area contributed by atoms with Crippen molar-refractivity contribution in [3.05, 3.63) is 156 Å². The van der Waals surface area contributed by atoms with Gasteiger partial charge < -0.3 is 9.47 Å². The highest BCUT2D eigenvalue weighted by atomic mass is 32.2. The summed E-state index contributed by atoms with van der Waals surface area (Å²) >= 11 is 3.42. The number of benzene rings is 5. The van der Waals surface area contributed by atoms with Crippen molar-refractivity contribution in [3.63, 3.8) is 0 Å². The molecule has 0 heterocycles. The van der Waals surface area contributed by atoms with Gasteiger partial charge in [0.05, 0.1) is 31.4 Å². The Bertz CT molecular complexity index is 1660. The molecule has 43 heavy (non-hydrogen) atoms. The maximum Gasteiger partial charge on any atom is 0.167 e. The summed E-state index contributed by atoms with van der Waals surface area (Å²) in [4.78, 5) is 16.4. The molecule has 0 N–H and O–H groups in total. The second kappa shape index (κ2) is 14.2. The zero-order valence-corrected chi connectivity index (χ0v) is 25.6. The van der Waals surface area contributed by atoms with Crippen molar-refractivity contribution in [3.8, 4) is 17.6 Å². The van der Waals surface area contributed by atoms with Crippen molar-refractivity contribution in [2.24, 2.45) is 0 Å². The van der Waals surface area contributed by atoms with Gasteiger partial charge in [0, 0.05) is 27.7 Å². The molecule has 0 saturated heterocycles. The molecule has 0 aliphatic heterocycles. The SMILES string of the molecule is COc1ccccc1C(=O)CC(c1ccc(C#N)cc1)C(Sc1ccccc1)(Sc1ccccc1)c1ccccc1OC. The smallest absolute Gasteiger partial charge is 0.167 e. The quantitative estimate of drug-likeness (QED) is 0.0807. The molecule has 214 valence electrons. The van der Waals surface area contributed by atoms with Gasteiger partial charge in [-0.25, -0.2) is 0 Å². The van der Waals surface area contributed by atoms with Crippen molar-refractivity contribution in [1.29, 1.82) is 5.26 Å². The van der Waals surface area contributed by atoms with E-state index in [1.165, 1.54) is 0 Å². The molecule has 5 aromatic rings. The van der Waals surface area contributed by atoms with E-state index in [0.29, 0.717) is 16.9 Å². The Morgan fingerprint density at radius 3 is 1.77 bits per heavy atom. The van der Waals surface area contributed by atoms with Gasteiger partial charge in [0.15, 0.2) is 5.78 Å². The number of para-hydroxylation sites is 2. The Hall–Kier alpha value is -4.44. The number of ether oxygens (including phenoxy) is 2. The summed E-state index contributed by atoms with van der Waals surface area (Å²) in [5.74, 6) is 0.885. The van der Waals surface area contributed by atoms with Crippen LogP contribution < -0.4 is 9.47 Å². The highest BCUT2D eigenvalue weighted by Crippen LogP contribution is 2.63. The minimum absolute atomic E-state index is 0.0339. The molecule has 0 fully saturated rings. The first kappa shape index (κ1) is 30.0. The number of thioether (sulfide) groups is 2. The predicted octanol–water partition coefficient (Wildman–Crippen LogP) is 9.37. The molecule has 0 radical (unpaired) electrons. The van der Waals surface area contributed by atoms with E-state index in [2.05, 4.69) is 36.4 Å². The number of methoxy groups -OCH3 is 2. The molecule has 6 heteroatoms. The van der Waals surface area contributed by atoms with Crippen LogP contribution in [-0.2, 0) is 4.08 Å². The van der Waals surface area contributed by atoms with E-state index in [9.17, 15) is 10.1 Å². The zero-order chi connectivity index (χ0) is 30.1. The lowest BCUT2D eigenvalue weighted by atomic mass is 9.84. The highest BCUT2D eigenvalue weighted by molar-refractivity contribution is 8.17. The molecule has 0 bridgehead atoms. The summed E-state index contributed by atoms with van der Waals surface area (Å²) in [6, 6.07) is 45.7. The summed E-state index contributed by atoms with van der Waals surface area (Å²) < 4.78 is 10.8. The first-order chi connectivity index (χ1) is 21.1. The minimum Gasteiger partial charge on any atom is -0.496 e. The van der Waals surface area contributed by atoms with Crippen LogP contribution in [0.5, 0.6) is 11.5 Å². The average molecular weight is 602 g/mol. The fraction of sp³-hybridized carbons (Fsp3) is 0.135. The second-order valence-corrected chi connectivity index (χ2v) is 12.7. The monoisotopic (exact) mass is 601 g/mol. The highest BCUT2D eigenvalue weighted by Gasteiger charge is 2.46. The number of nitrogens with zero attached hydrogens (tertiary/aromatic N) is 1. The van der Waals surface area contributed by atoms with Crippen LogP contribution in [-0.4, -0.2) is 20.0 Å². The van der Waals surface area contributed by atoms with Gasteiger partial charge in [-0.15, -0.1) is 23.5 Å². The molecular weight excluding hydrogens is 571 g/mol. The average Bonchev–Trinajstić information content (AvgIpc) is 3.07. The van der Waals surface area contributed by atoms with E-state index in [4.69, 9.17) is 9.47 Å². The lowest BCUT2D eigenvalue weighted by molar-refractivity contribution is 0.0968. The number of hydrogen-bond donors (Lipinski definition) is 0. The number of ketones is 1. The van der Waals surface area contributed by atoms with Gasteiger partial charge in [-0.05, 0) is 60.2 Å². The van der Waals surface area contributed by atoms with Gasteiger partial charge in [-0.2, -0.15) is 5.26 Å². The number of carbonyl (C=O) groups excluding carboxylic acids is 1. The molecule has 4 nitrogen and oxygen atoms in total. The molecule has 0 amide bonds. The first-order valence-electron chi connectivity index (χ1n) is 13.9. The van der Waals surface area contributed by atoms with Crippen LogP contribution in [0.15, 0.2) is 143 Å². The minimum atomic E-state index is -0.777. The molecule has 0 saturated carbocycles.